The van der Waals surface area contributed by atoms with Gasteiger partial charge in [0.05, 0.1) is 28.2 Å². The molecule has 13 nitrogen and oxygen atoms in total. The average molecular weight is 688 g/mol. The van der Waals surface area contributed by atoms with Crippen molar-refractivity contribution >= 4 is 51.8 Å². The first-order chi connectivity index (χ1) is 22.6. The first-order valence-corrected chi connectivity index (χ1v) is 15.3. The molecule has 2 N–H and O–H groups in total. The van der Waals surface area contributed by atoms with Crippen LogP contribution in [0.5, 0.6) is 5.75 Å². The molecule has 3 aromatic heterocycles. The van der Waals surface area contributed by atoms with Crippen molar-refractivity contribution in [3.63, 3.8) is 0 Å². The van der Waals surface area contributed by atoms with Gasteiger partial charge in [-0.25, -0.2) is 19.9 Å². The van der Waals surface area contributed by atoms with Crippen LogP contribution in [0.2, 0.25) is 5.02 Å². The number of alkyl halides is 3. The van der Waals surface area contributed by atoms with Gasteiger partial charge in [0.15, 0.2) is 22.6 Å². The number of amides is 2. The third-order valence-corrected chi connectivity index (χ3v) is 8.41. The molecule has 0 saturated carbocycles. The topological polar surface area (TPSA) is 150 Å². The van der Waals surface area contributed by atoms with Crippen molar-refractivity contribution in [3.8, 4) is 5.75 Å². The van der Waals surface area contributed by atoms with Crippen molar-refractivity contribution in [2.24, 2.45) is 0 Å². The number of carbonyl (C=O) groups excluding carboxylic acids is 2. The number of aromatic nitrogens is 5. The summed E-state index contributed by atoms with van der Waals surface area (Å²) in [6.45, 7) is 5.49. The number of hydrogen-bond acceptors (Lipinski definition) is 10. The number of hydrogen-bond donors (Lipinski definition) is 2. The van der Waals surface area contributed by atoms with Crippen LogP contribution < -0.4 is 20.5 Å². The summed E-state index contributed by atoms with van der Waals surface area (Å²) in [5.41, 5.74) is -0.295. The summed E-state index contributed by atoms with van der Waals surface area (Å²) in [6.07, 6.45) is -1.63. The highest BCUT2D eigenvalue weighted by Crippen LogP contribution is 2.34. The van der Waals surface area contributed by atoms with Gasteiger partial charge in [-0.2, -0.15) is 13.2 Å². The Morgan fingerprint density at radius 3 is 2.52 bits per heavy atom. The van der Waals surface area contributed by atoms with Crippen LogP contribution in [0.3, 0.4) is 0 Å². The molecule has 0 aliphatic carbocycles. The lowest BCUT2D eigenvalue weighted by molar-refractivity contribution is -0.137. The molecular weight excluding hydrogens is 655 g/mol. The predicted octanol–water partition coefficient (Wildman–Crippen LogP) is 3.89. The largest absolute Gasteiger partial charge is 0.504 e. The summed E-state index contributed by atoms with van der Waals surface area (Å²) in [5, 5.41) is 12.7. The first kappa shape index (κ1) is 34.3. The van der Waals surface area contributed by atoms with Crippen LogP contribution in [-0.4, -0.2) is 86.1 Å². The Labute approximate surface area is 278 Å². The zero-order valence-electron chi connectivity index (χ0n) is 26.8. The minimum Gasteiger partial charge on any atom is -0.504 e. The molecule has 0 spiro atoms. The van der Waals surface area contributed by atoms with E-state index in [-0.39, 0.29) is 76.9 Å². The number of benzene rings is 1. The van der Waals surface area contributed by atoms with Gasteiger partial charge in [0.25, 0.3) is 5.91 Å². The molecule has 2 amide bonds. The van der Waals surface area contributed by atoms with Crippen molar-refractivity contribution < 1.29 is 27.9 Å². The van der Waals surface area contributed by atoms with Gasteiger partial charge in [0, 0.05) is 45.5 Å². The maximum atomic E-state index is 14.2. The normalized spacial score (nSPS) is 15.1. The lowest BCUT2D eigenvalue weighted by atomic mass is 10.1. The third-order valence-electron chi connectivity index (χ3n) is 8.10. The van der Waals surface area contributed by atoms with Gasteiger partial charge in [-0.1, -0.05) is 18.5 Å². The second-order valence-electron chi connectivity index (χ2n) is 11.5. The summed E-state index contributed by atoms with van der Waals surface area (Å²) in [4.78, 5) is 63.0. The van der Waals surface area contributed by atoms with E-state index >= 15 is 0 Å². The van der Waals surface area contributed by atoms with Crippen LogP contribution in [-0.2, 0) is 23.9 Å². The molecule has 1 fully saturated rings. The first-order valence-electron chi connectivity index (χ1n) is 14.9. The molecule has 254 valence electrons. The number of halogens is 4. The molecule has 0 radical (unpaired) electrons. The number of fused-ring (bicyclic) bond motifs is 1. The molecule has 48 heavy (non-hydrogen) atoms. The van der Waals surface area contributed by atoms with Gasteiger partial charge in [0.1, 0.15) is 24.4 Å². The highest BCUT2D eigenvalue weighted by atomic mass is 35.5. The van der Waals surface area contributed by atoms with Crippen LogP contribution in [0, 0.1) is 6.92 Å². The molecule has 1 aliphatic rings. The highest BCUT2D eigenvalue weighted by molar-refractivity contribution is 6.33. The number of piperazine rings is 1. The highest BCUT2D eigenvalue weighted by Gasteiger charge is 2.34. The Morgan fingerprint density at radius 2 is 1.90 bits per heavy atom. The lowest BCUT2D eigenvalue weighted by Gasteiger charge is -2.41. The SMILES string of the molecule is CCc1c(N2CCN(C(=O)c3ncnc(C)c3O)C[C@H]2C)c(=O)c2nc(N(C)C)cnc2n1CC(=O)Nc1ccc(C(F)(F)F)cc1Cl. The number of pyridine rings is 1. The van der Waals surface area contributed by atoms with Gasteiger partial charge in [-0.3, -0.25) is 14.4 Å². The number of aromatic hydroxyl groups is 1. The smallest absolute Gasteiger partial charge is 0.416 e. The third kappa shape index (κ3) is 6.56. The Hall–Kier alpha value is -4.99. The fourth-order valence-corrected chi connectivity index (χ4v) is 5.86. The summed E-state index contributed by atoms with van der Waals surface area (Å²) < 4.78 is 41.0. The van der Waals surface area contributed by atoms with Crippen LogP contribution in [0.1, 0.15) is 41.3 Å². The summed E-state index contributed by atoms with van der Waals surface area (Å²) >= 11 is 6.09. The van der Waals surface area contributed by atoms with E-state index in [1.165, 1.54) is 12.5 Å². The van der Waals surface area contributed by atoms with E-state index in [0.717, 1.165) is 18.2 Å². The minimum atomic E-state index is -4.61. The molecular formula is C31H33ClF3N9O4. The molecule has 17 heteroatoms. The van der Waals surface area contributed by atoms with E-state index in [4.69, 9.17) is 11.6 Å². The summed E-state index contributed by atoms with van der Waals surface area (Å²) in [5.74, 6) is -0.986. The minimum absolute atomic E-state index is 0.0147. The van der Waals surface area contributed by atoms with E-state index in [2.05, 4.69) is 25.3 Å². The van der Waals surface area contributed by atoms with E-state index in [9.17, 15) is 32.7 Å². The van der Waals surface area contributed by atoms with Crippen LogP contribution in [0.15, 0.2) is 35.5 Å². The zero-order chi connectivity index (χ0) is 35.1. The average Bonchev–Trinajstić information content (AvgIpc) is 3.03. The van der Waals surface area contributed by atoms with E-state index < -0.39 is 29.0 Å². The van der Waals surface area contributed by atoms with Crippen molar-refractivity contribution in [2.45, 2.75) is 46.0 Å². The summed E-state index contributed by atoms with van der Waals surface area (Å²) in [7, 11) is 3.48. The number of anilines is 3. The van der Waals surface area contributed by atoms with E-state index in [0.29, 0.717) is 17.9 Å². The molecule has 0 bridgehead atoms. The number of nitrogens with zero attached hydrogens (tertiary/aromatic N) is 8. The fraction of sp³-hybridized carbons (Fsp3) is 0.387. The molecule has 1 saturated heterocycles. The molecule has 4 aromatic rings. The van der Waals surface area contributed by atoms with Crippen LogP contribution >= 0.6 is 11.6 Å². The molecule has 5 rings (SSSR count). The van der Waals surface area contributed by atoms with Crippen LogP contribution in [0.25, 0.3) is 11.2 Å². The quantitative estimate of drug-likeness (QED) is 0.293. The molecule has 1 atom stereocenters. The Balaban J connectivity index is 1.53. The molecule has 0 unspecified atom stereocenters. The Bertz CT molecular complexity index is 1970. The zero-order valence-corrected chi connectivity index (χ0v) is 27.5. The number of aryl methyl sites for hydroxylation is 1. The monoisotopic (exact) mass is 687 g/mol. The molecule has 4 heterocycles. The molecule has 1 aromatic carbocycles. The number of carbonyl (C=O) groups is 2. The standard InChI is InChI=1S/C31H33ClF3N9O4/c1-6-21-26(43-10-9-42(13-16(43)2)30(48)25-27(46)17(3)37-15-38-25)28(47)24-29(36-12-22(40-24)41(4)5)44(21)14-23(45)39-20-8-7-18(11-19(20)32)31(33,34)35/h7-8,11-12,15-16,46H,6,9-10,13-14H2,1-5H3,(H,39,45)/t16-/m1/s1. The van der Waals surface area contributed by atoms with Crippen LogP contribution in [0.4, 0.5) is 30.4 Å². The van der Waals surface area contributed by atoms with Gasteiger partial charge in [-0.05, 0) is 38.5 Å². The van der Waals surface area contributed by atoms with Crippen molar-refractivity contribution in [2.75, 3.05) is 48.8 Å². The number of rotatable bonds is 7. The van der Waals surface area contributed by atoms with Crippen molar-refractivity contribution in [1.82, 2.24) is 29.4 Å². The Morgan fingerprint density at radius 1 is 1.17 bits per heavy atom. The van der Waals surface area contributed by atoms with Gasteiger partial charge < -0.3 is 29.7 Å². The van der Waals surface area contributed by atoms with Crippen molar-refractivity contribution in [1.29, 1.82) is 0 Å². The van der Waals surface area contributed by atoms with E-state index in [1.54, 1.807) is 35.4 Å². The second kappa shape index (κ2) is 13.3. The summed E-state index contributed by atoms with van der Waals surface area (Å²) in [6, 6.07) is 2.24. The second-order valence-corrected chi connectivity index (χ2v) is 12.0. The van der Waals surface area contributed by atoms with Gasteiger partial charge in [-0.15, -0.1) is 0 Å². The fourth-order valence-electron chi connectivity index (χ4n) is 5.64. The lowest BCUT2D eigenvalue weighted by Crippen LogP contribution is -2.55. The maximum Gasteiger partial charge on any atom is 0.416 e. The Kier molecular flexibility index (Phi) is 9.48. The van der Waals surface area contributed by atoms with Crippen molar-refractivity contribution in [3.05, 3.63) is 68.6 Å². The van der Waals surface area contributed by atoms with Gasteiger partial charge in [0.2, 0.25) is 11.3 Å². The number of nitrogens with one attached hydrogen (secondary N) is 1. The molecule has 1 aliphatic heterocycles. The maximum absolute atomic E-state index is 14.2. The predicted molar refractivity (Wildman–Crippen MR) is 174 cm³/mol. The van der Waals surface area contributed by atoms with E-state index in [1.807, 2.05) is 18.7 Å². The van der Waals surface area contributed by atoms with Gasteiger partial charge >= 0.3 is 6.18 Å².